The van der Waals surface area contributed by atoms with Crippen molar-refractivity contribution in [3.05, 3.63) is 29.3 Å². The van der Waals surface area contributed by atoms with Gasteiger partial charge in [-0.25, -0.2) is 4.57 Å². The van der Waals surface area contributed by atoms with Gasteiger partial charge in [-0.05, 0) is 18.4 Å². The van der Waals surface area contributed by atoms with E-state index in [1.54, 1.807) is 12.1 Å². The van der Waals surface area contributed by atoms with Gasteiger partial charge in [0, 0.05) is 5.56 Å². The van der Waals surface area contributed by atoms with Crippen LogP contribution in [0.5, 0.6) is 5.75 Å². The summed E-state index contributed by atoms with van der Waals surface area (Å²) in [6.07, 6.45) is 0. The van der Waals surface area contributed by atoms with Gasteiger partial charge in [0.25, 0.3) is 0 Å². The van der Waals surface area contributed by atoms with Crippen molar-refractivity contribution in [3.8, 4) is 5.75 Å². The van der Waals surface area contributed by atoms with Crippen molar-refractivity contribution in [1.29, 1.82) is 0 Å². The lowest BCUT2D eigenvalue weighted by molar-refractivity contribution is 0.281. The summed E-state index contributed by atoms with van der Waals surface area (Å²) in [5.74, 6) is 0.242. The van der Waals surface area contributed by atoms with Gasteiger partial charge in [-0.3, -0.25) is 9.79 Å². The van der Waals surface area contributed by atoms with Crippen molar-refractivity contribution < 1.29 is 18.9 Å². The zero-order valence-corrected chi connectivity index (χ0v) is 10.8. The quantitative estimate of drug-likeness (QED) is 0.634. The van der Waals surface area contributed by atoms with E-state index in [0.717, 1.165) is 11.1 Å². The topological polar surface area (TPSA) is 66.8 Å². The van der Waals surface area contributed by atoms with Crippen molar-refractivity contribution in [1.82, 2.24) is 0 Å². The molecule has 0 aliphatic heterocycles. The zero-order valence-electron chi connectivity index (χ0n) is 9.89. The number of aryl methyl sites for hydroxylation is 1. The van der Waals surface area contributed by atoms with E-state index < -0.39 is 7.82 Å². The van der Waals surface area contributed by atoms with Crippen molar-refractivity contribution in [2.45, 2.75) is 33.1 Å². The average Bonchev–Trinajstić information content (AvgIpc) is 2.04. The number of phosphoric ester groups is 1. The maximum atomic E-state index is 10.8. The van der Waals surface area contributed by atoms with Crippen LogP contribution >= 0.6 is 7.82 Å². The minimum absolute atomic E-state index is 0. The molecule has 0 amide bonds. The summed E-state index contributed by atoms with van der Waals surface area (Å²) < 4.78 is 15.5. The van der Waals surface area contributed by atoms with Crippen molar-refractivity contribution >= 4 is 25.2 Å². The van der Waals surface area contributed by atoms with E-state index >= 15 is 0 Å². The van der Waals surface area contributed by atoms with Crippen LogP contribution in [-0.2, 0) is 9.98 Å². The van der Waals surface area contributed by atoms with E-state index in [0.29, 0.717) is 0 Å². The first-order valence-electron chi connectivity index (χ1n) is 4.96. The molecule has 0 aromatic heterocycles. The van der Waals surface area contributed by atoms with E-state index in [4.69, 9.17) is 9.79 Å². The molecule has 0 heterocycles. The summed E-state index contributed by atoms with van der Waals surface area (Å²) in [5.41, 5.74) is 1.59. The van der Waals surface area contributed by atoms with Gasteiger partial charge in [0.15, 0.2) is 17.4 Å². The predicted molar refractivity (Wildman–Crippen MR) is 72.5 cm³/mol. The average molecular weight is 274 g/mol. The predicted octanol–water partition coefficient (Wildman–Crippen LogP) is 1.58. The van der Waals surface area contributed by atoms with Gasteiger partial charge >= 0.3 is 7.82 Å². The molecule has 0 aliphatic carbocycles. The summed E-state index contributed by atoms with van der Waals surface area (Å²) in [4.78, 5) is 17.6. The molecule has 6 heteroatoms. The van der Waals surface area contributed by atoms with E-state index in [2.05, 4.69) is 4.52 Å². The number of hydrogen-bond acceptors (Lipinski definition) is 2. The second kappa shape index (κ2) is 5.56. The van der Waals surface area contributed by atoms with Crippen molar-refractivity contribution in [2.75, 3.05) is 0 Å². The molecule has 0 fully saturated rings. The lowest BCUT2D eigenvalue weighted by Gasteiger charge is -2.23. The molecule has 0 saturated heterocycles. The first-order valence-corrected chi connectivity index (χ1v) is 6.49. The second-order valence-electron chi connectivity index (χ2n) is 4.83. The lowest BCUT2D eigenvalue weighted by Crippen LogP contribution is -2.13. The third-order valence-electron chi connectivity index (χ3n) is 2.16. The Balaban J connectivity index is 0.00000256. The Hall–Kier alpha value is -0.298. The molecule has 17 heavy (non-hydrogen) atoms. The van der Waals surface area contributed by atoms with Gasteiger partial charge in [-0.15, -0.1) is 0 Å². The Morgan fingerprint density at radius 1 is 1.24 bits per heavy atom. The molecule has 0 saturated carbocycles. The van der Waals surface area contributed by atoms with Gasteiger partial charge in [-0.2, -0.15) is 0 Å². The fraction of sp³-hybridized carbons (Fsp3) is 0.455. The van der Waals surface area contributed by atoms with Gasteiger partial charge < -0.3 is 4.52 Å². The van der Waals surface area contributed by atoms with E-state index in [9.17, 15) is 4.57 Å². The molecule has 1 aromatic carbocycles. The molecule has 1 rings (SSSR count). The third kappa shape index (κ3) is 5.25. The molecule has 0 spiro atoms. The second-order valence-corrected chi connectivity index (χ2v) is 6.00. The normalized spacial score (nSPS) is 11.9. The van der Waals surface area contributed by atoms with E-state index in [1.165, 1.54) is 0 Å². The van der Waals surface area contributed by atoms with Crippen LogP contribution in [0.1, 0.15) is 31.9 Å². The van der Waals surface area contributed by atoms with Crippen LogP contribution in [0.3, 0.4) is 0 Å². The maximum absolute atomic E-state index is 10.8. The number of benzene rings is 1. The number of hydrogen-bond donors (Lipinski definition) is 2. The maximum Gasteiger partial charge on any atom is 0.524 e. The molecule has 4 nitrogen and oxygen atoms in total. The summed E-state index contributed by atoms with van der Waals surface area (Å²) in [6.45, 7) is 7.83. The molecular weight excluding hydrogens is 254 g/mol. The van der Waals surface area contributed by atoms with Gasteiger partial charge in [0.1, 0.15) is 5.75 Å². The third-order valence-corrected chi connectivity index (χ3v) is 2.59. The summed E-state index contributed by atoms with van der Waals surface area (Å²) >= 11 is 0. The Kier molecular flexibility index (Phi) is 5.47. The molecule has 0 unspecified atom stereocenters. The SMILES string of the molecule is Cc1ccc(OP(=O)(O)O)c(C(C)(C)C)c1.[AlH3]. The van der Waals surface area contributed by atoms with Crippen LogP contribution in [0.15, 0.2) is 18.2 Å². The standard InChI is InChI=1S/C11H17O4P.Al.3H/c1-8-5-6-10(15-16(12,13)14)9(7-8)11(2,3)4;;;;/h5-7H,1-4H3,(H2,12,13,14);;;;. The fourth-order valence-electron chi connectivity index (χ4n) is 1.44. The lowest BCUT2D eigenvalue weighted by atomic mass is 9.85. The van der Waals surface area contributed by atoms with Gasteiger partial charge in [0.2, 0.25) is 0 Å². The molecule has 0 aliphatic rings. The van der Waals surface area contributed by atoms with Crippen LogP contribution in [0.25, 0.3) is 0 Å². The highest BCUT2D eigenvalue weighted by atomic mass is 31.2. The van der Waals surface area contributed by atoms with Crippen LogP contribution in [0.2, 0.25) is 0 Å². The highest BCUT2D eigenvalue weighted by Crippen LogP contribution is 2.42. The van der Waals surface area contributed by atoms with Gasteiger partial charge in [-0.1, -0.05) is 38.5 Å². The number of rotatable bonds is 2. The van der Waals surface area contributed by atoms with Crippen LogP contribution in [0, 0.1) is 6.92 Å². The first kappa shape index (κ1) is 16.7. The van der Waals surface area contributed by atoms with Crippen LogP contribution < -0.4 is 4.52 Å². The molecule has 2 N–H and O–H groups in total. The monoisotopic (exact) mass is 274 g/mol. The van der Waals surface area contributed by atoms with E-state index in [1.807, 2.05) is 33.8 Å². The van der Waals surface area contributed by atoms with Crippen LogP contribution in [0.4, 0.5) is 0 Å². The fourth-order valence-corrected chi connectivity index (χ4v) is 1.85. The van der Waals surface area contributed by atoms with Crippen LogP contribution in [-0.4, -0.2) is 27.1 Å². The molecular formula is C11H20AlO4P. The Labute approximate surface area is 112 Å². The van der Waals surface area contributed by atoms with Crippen molar-refractivity contribution in [2.24, 2.45) is 0 Å². The molecule has 0 bridgehead atoms. The minimum atomic E-state index is -4.50. The molecule has 1 aromatic rings. The minimum Gasteiger partial charge on any atom is -0.404 e. The Morgan fingerprint density at radius 2 is 1.76 bits per heavy atom. The number of phosphoric acid groups is 1. The highest BCUT2D eigenvalue weighted by Gasteiger charge is 2.24. The largest absolute Gasteiger partial charge is 0.524 e. The summed E-state index contributed by atoms with van der Waals surface area (Å²) in [7, 11) is -4.50. The Bertz CT molecular complexity index is 434. The molecule has 0 radical (unpaired) electrons. The Morgan fingerprint density at radius 3 is 2.18 bits per heavy atom. The summed E-state index contributed by atoms with van der Waals surface area (Å²) in [6, 6.07) is 5.24. The first-order chi connectivity index (χ1) is 7.09. The van der Waals surface area contributed by atoms with Gasteiger partial charge in [0.05, 0.1) is 0 Å². The van der Waals surface area contributed by atoms with Crippen molar-refractivity contribution in [3.63, 3.8) is 0 Å². The highest BCUT2D eigenvalue weighted by molar-refractivity contribution is 7.46. The summed E-state index contributed by atoms with van der Waals surface area (Å²) in [5, 5.41) is 0. The molecule has 0 atom stereocenters. The molecule has 96 valence electrons. The smallest absolute Gasteiger partial charge is 0.404 e. The van der Waals surface area contributed by atoms with E-state index in [-0.39, 0.29) is 28.5 Å². The zero-order chi connectivity index (χ0) is 12.6.